The second-order valence-corrected chi connectivity index (χ2v) is 8.72. The van der Waals surface area contributed by atoms with E-state index < -0.39 is 0 Å². The normalized spacial score (nSPS) is 13.0. The van der Waals surface area contributed by atoms with Crippen LogP contribution < -0.4 is 5.32 Å². The molecule has 1 aliphatic rings. The summed E-state index contributed by atoms with van der Waals surface area (Å²) in [5, 5.41) is 2.91. The van der Waals surface area contributed by atoms with Crippen molar-refractivity contribution in [2.45, 2.75) is 19.9 Å². The van der Waals surface area contributed by atoms with Gasteiger partial charge < -0.3 is 14.6 Å². The molecule has 35 heavy (non-hydrogen) atoms. The lowest BCUT2D eigenvalue weighted by atomic mass is 10.1. The van der Waals surface area contributed by atoms with Crippen LogP contribution >= 0.6 is 0 Å². The summed E-state index contributed by atoms with van der Waals surface area (Å²) in [7, 11) is 0. The van der Waals surface area contributed by atoms with E-state index in [0.29, 0.717) is 30.8 Å². The van der Waals surface area contributed by atoms with Gasteiger partial charge in [0.1, 0.15) is 11.5 Å². The molecule has 4 aromatic rings. The summed E-state index contributed by atoms with van der Waals surface area (Å²) in [6.45, 7) is 3.13. The van der Waals surface area contributed by atoms with E-state index in [9.17, 15) is 9.59 Å². The number of nitrogens with one attached hydrogen (secondary N) is 1. The zero-order valence-electron chi connectivity index (χ0n) is 19.5. The number of nitrogens with zero attached hydrogens (tertiary/aromatic N) is 1. The Morgan fingerprint density at radius 3 is 2.60 bits per heavy atom. The molecule has 0 spiro atoms. The summed E-state index contributed by atoms with van der Waals surface area (Å²) < 4.78 is 6.15. The number of rotatable bonds is 5. The van der Waals surface area contributed by atoms with Crippen molar-refractivity contribution in [3.05, 3.63) is 119 Å². The van der Waals surface area contributed by atoms with Gasteiger partial charge in [-0.2, -0.15) is 0 Å². The van der Waals surface area contributed by atoms with Crippen LogP contribution in [0.2, 0.25) is 0 Å². The number of carbonyl (C=O) groups is 2. The molecule has 1 aromatic heterocycles. The Morgan fingerprint density at radius 1 is 0.943 bits per heavy atom. The maximum absolute atomic E-state index is 13.0. The Bertz CT molecular complexity index is 1400. The van der Waals surface area contributed by atoms with E-state index in [0.717, 1.165) is 33.8 Å². The predicted molar refractivity (Wildman–Crippen MR) is 138 cm³/mol. The zero-order valence-corrected chi connectivity index (χ0v) is 19.5. The van der Waals surface area contributed by atoms with Crippen molar-refractivity contribution < 1.29 is 14.0 Å². The number of amides is 2. The highest BCUT2D eigenvalue weighted by molar-refractivity contribution is 6.02. The minimum Gasteiger partial charge on any atom is -0.461 e. The monoisotopic (exact) mass is 462 g/mol. The Balaban J connectivity index is 1.28. The molecule has 2 amide bonds. The summed E-state index contributed by atoms with van der Waals surface area (Å²) in [5.41, 5.74) is 5.33. The van der Waals surface area contributed by atoms with Crippen LogP contribution in [0.1, 0.15) is 32.8 Å². The van der Waals surface area contributed by atoms with Crippen LogP contribution in [0.5, 0.6) is 0 Å². The van der Waals surface area contributed by atoms with Gasteiger partial charge in [-0.25, -0.2) is 0 Å². The summed E-state index contributed by atoms with van der Waals surface area (Å²) in [6, 6.07) is 27.0. The third kappa shape index (κ3) is 5.25. The molecule has 0 aliphatic carbocycles. The molecule has 5 nitrogen and oxygen atoms in total. The average molecular weight is 463 g/mol. The van der Waals surface area contributed by atoms with Crippen LogP contribution in [0, 0.1) is 6.92 Å². The molecule has 2 heterocycles. The lowest BCUT2D eigenvalue weighted by Crippen LogP contribution is -2.35. The van der Waals surface area contributed by atoms with Crippen molar-refractivity contribution in [3.8, 4) is 11.3 Å². The van der Waals surface area contributed by atoms with Gasteiger partial charge in [0.15, 0.2) is 0 Å². The molecule has 0 saturated carbocycles. The lowest BCUT2D eigenvalue weighted by molar-refractivity contribution is -0.111. The molecule has 3 aromatic carbocycles. The maximum atomic E-state index is 13.0. The summed E-state index contributed by atoms with van der Waals surface area (Å²) in [5.74, 6) is 1.48. The number of hydrogen-bond acceptors (Lipinski definition) is 3. The molecular weight excluding hydrogens is 436 g/mol. The van der Waals surface area contributed by atoms with Gasteiger partial charge in [0.05, 0.1) is 0 Å². The molecule has 0 saturated heterocycles. The summed E-state index contributed by atoms with van der Waals surface area (Å²) >= 11 is 0. The first-order valence-corrected chi connectivity index (χ1v) is 11.7. The van der Waals surface area contributed by atoms with Crippen molar-refractivity contribution in [2.75, 3.05) is 11.9 Å². The minimum absolute atomic E-state index is 0.0374. The first-order valence-electron chi connectivity index (χ1n) is 11.7. The van der Waals surface area contributed by atoms with Gasteiger partial charge in [-0.15, -0.1) is 0 Å². The average Bonchev–Trinajstić information content (AvgIpc) is 3.31. The molecule has 0 unspecified atom stereocenters. The Kier molecular flexibility index (Phi) is 6.31. The van der Waals surface area contributed by atoms with E-state index in [1.807, 2.05) is 96.8 Å². The minimum atomic E-state index is -0.199. The topological polar surface area (TPSA) is 62.6 Å². The van der Waals surface area contributed by atoms with Gasteiger partial charge in [-0.3, -0.25) is 9.59 Å². The largest absolute Gasteiger partial charge is 0.461 e. The number of carbonyl (C=O) groups excluding carboxylic acids is 2. The van der Waals surface area contributed by atoms with Gasteiger partial charge >= 0.3 is 0 Å². The van der Waals surface area contributed by atoms with Crippen LogP contribution in [-0.2, 0) is 17.8 Å². The van der Waals surface area contributed by atoms with Crippen molar-refractivity contribution in [3.63, 3.8) is 0 Å². The number of anilines is 1. The van der Waals surface area contributed by atoms with Crippen molar-refractivity contribution >= 4 is 23.6 Å². The highest BCUT2D eigenvalue weighted by Crippen LogP contribution is 2.31. The zero-order chi connectivity index (χ0) is 24.2. The summed E-state index contributed by atoms with van der Waals surface area (Å²) in [4.78, 5) is 27.2. The quantitative estimate of drug-likeness (QED) is 0.364. The van der Waals surface area contributed by atoms with Crippen molar-refractivity contribution in [2.24, 2.45) is 0 Å². The molecule has 0 fully saturated rings. The van der Waals surface area contributed by atoms with Crippen LogP contribution in [0.25, 0.3) is 17.4 Å². The fourth-order valence-corrected chi connectivity index (χ4v) is 4.28. The molecule has 1 aliphatic heterocycles. The Labute approximate surface area is 204 Å². The van der Waals surface area contributed by atoms with Crippen molar-refractivity contribution in [1.29, 1.82) is 0 Å². The second-order valence-electron chi connectivity index (χ2n) is 8.72. The molecular formula is C30H26N2O3. The number of benzene rings is 3. The van der Waals surface area contributed by atoms with E-state index in [-0.39, 0.29) is 11.8 Å². The van der Waals surface area contributed by atoms with Crippen LogP contribution in [0.4, 0.5) is 5.69 Å². The number of aryl methyl sites for hydroxylation is 1. The van der Waals surface area contributed by atoms with Gasteiger partial charge in [-0.05, 0) is 48.9 Å². The Morgan fingerprint density at radius 2 is 1.77 bits per heavy atom. The number of furan rings is 1. The van der Waals surface area contributed by atoms with Gasteiger partial charge in [-0.1, -0.05) is 60.2 Å². The summed E-state index contributed by atoms with van der Waals surface area (Å²) in [6.07, 6.45) is 3.98. The fraction of sp³-hybridized carbons (Fsp3) is 0.133. The first kappa shape index (κ1) is 22.4. The Hall–Kier alpha value is -4.38. The van der Waals surface area contributed by atoms with E-state index in [4.69, 9.17) is 4.42 Å². The van der Waals surface area contributed by atoms with Gasteiger partial charge in [0.2, 0.25) is 5.91 Å². The predicted octanol–water partition coefficient (Wildman–Crippen LogP) is 6.11. The van der Waals surface area contributed by atoms with E-state index in [1.54, 1.807) is 6.08 Å². The molecule has 174 valence electrons. The van der Waals surface area contributed by atoms with E-state index in [2.05, 4.69) is 5.32 Å². The van der Waals surface area contributed by atoms with Crippen molar-refractivity contribution in [1.82, 2.24) is 4.90 Å². The highest BCUT2D eigenvalue weighted by atomic mass is 16.3. The van der Waals surface area contributed by atoms with Gasteiger partial charge in [0.25, 0.3) is 5.91 Å². The maximum Gasteiger partial charge on any atom is 0.254 e. The number of hydrogen-bond donors (Lipinski definition) is 1. The molecule has 0 bridgehead atoms. The third-order valence-electron chi connectivity index (χ3n) is 6.06. The molecule has 5 rings (SSSR count). The molecule has 0 radical (unpaired) electrons. The van der Waals surface area contributed by atoms with Crippen LogP contribution in [-0.4, -0.2) is 23.3 Å². The third-order valence-corrected chi connectivity index (χ3v) is 6.06. The second kappa shape index (κ2) is 9.85. The SMILES string of the molecule is Cc1cccc(C(=O)N2CCc3oc(-c4cccc(NC(=O)/C=C/c5ccccc5)c4)cc3C2)c1. The standard InChI is InChI=1S/C30H26N2O3/c1-21-7-5-11-24(17-21)30(34)32-16-15-27-25(20-32)19-28(35-27)23-10-6-12-26(18-23)31-29(33)14-13-22-8-3-2-4-9-22/h2-14,17-19H,15-16,20H2,1H3,(H,31,33)/b14-13+. The highest BCUT2D eigenvalue weighted by Gasteiger charge is 2.25. The van der Waals surface area contributed by atoms with E-state index in [1.165, 1.54) is 6.08 Å². The van der Waals surface area contributed by atoms with Crippen LogP contribution in [0.15, 0.2) is 95.4 Å². The lowest BCUT2D eigenvalue weighted by Gasteiger charge is -2.26. The molecule has 5 heteroatoms. The fourth-order valence-electron chi connectivity index (χ4n) is 4.28. The number of fused-ring (bicyclic) bond motifs is 1. The first-order chi connectivity index (χ1) is 17.0. The molecule has 1 N–H and O–H groups in total. The van der Waals surface area contributed by atoms with E-state index >= 15 is 0 Å². The van der Waals surface area contributed by atoms with Gasteiger partial charge in [0, 0.05) is 48.0 Å². The molecule has 0 atom stereocenters. The van der Waals surface area contributed by atoms with Crippen LogP contribution in [0.3, 0.4) is 0 Å². The smallest absolute Gasteiger partial charge is 0.254 e.